The lowest BCUT2D eigenvalue weighted by Crippen LogP contribution is -2.39. The van der Waals surface area contributed by atoms with Crippen molar-refractivity contribution in [3.05, 3.63) is 52.7 Å². The van der Waals surface area contributed by atoms with Gasteiger partial charge in [-0.3, -0.25) is 14.9 Å². The lowest BCUT2D eigenvalue weighted by atomic mass is 10.2. The van der Waals surface area contributed by atoms with Crippen molar-refractivity contribution >= 4 is 34.3 Å². The first-order chi connectivity index (χ1) is 19.9. The molecule has 2 aromatic heterocycles. The standard InChI is InChI=1S/C29H37N5O7S/c1-18(17-37-6)39-21-12-19(13-22(14-21)40-20-8-9-25(30-15-20)33(5)38-7)26(35)32-27-31-23-10-11-34(16-24(23)42-27)28(36)41-29(2,3)4/h8-9,12-15,18H,10-11,16-17H2,1-7H3,(H,31,32,35). The number of nitrogens with zero attached hydrogens (tertiary/aromatic N) is 4. The quantitative estimate of drug-likeness (QED) is 0.308. The maximum atomic E-state index is 13.4. The maximum Gasteiger partial charge on any atom is 0.410 e. The van der Waals surface area contributed by atoms with Gasteiger partial charge in [0.1, 0.15) is 29.0 Å². The van der Waals surface area contributed by atoms with Crippen LogP contribution in [0, 0.1) is 0 Å². The van der Waals surface area contributed by atoms with Crippen LogP contribution in [0.2, 0.25) is 0 Å². The molecular weight excluding hydrogens is 562 g/mol. The summed E-state index contributed by atoms with van der Waals surface area (Å²) in [5, 5.41) is 4.85. The van der Waals surface area contributed by atoms with Gasteiger partial charge in [-0.1, -0.05) is 11.3 Å². The van der Waals surface area contributed by atoms with Crippen LogP contribution >= 0.6 is 11.3 Å². The number of thiazole rings is 1. The van der Waals surface area contributed by atoms with Crippen molar-refractivity contribution in [2.45, 2.75) is 52.4 Å². The fraction of sp³-hybridized carbons (Fsp3) is 0.448. The highest BCUT2D eigenvalue weighted by Crippen LogP contribution is 2.32. The smallest absolute Gasteiger partial charge is 0.410 e. The molecule has 1 N–H and O–H groups in total. The minimum Gasteiger partial charge on any atom is -0.488 e. The van der Waals surface area contributed by atoms with E-state index in [4.69, 9.17) is 23.8 Å². The molecule has 42 heavy (non-hydrogen) atoms. The van der Waals surface area contributed by atoms with Crippen molar-refractivity contribution < 1.29 is 33.4 Å². The maximum absolute atomic E-state index is 13.4. The molecule has 12 nitrogen and oxygen atoms in total. The molecular formula is C29H37N5O7S. The van der Waals surface area contributed by atoms with E-state index in [1.807, 2.05) is 27.7 Å². The molecule has 3 aromatic rings. The highest BCUT2D eigenvalue weighted by atomic mass is 32.1. The van der Waals surface area contributed by atoms with Gasteiger partial charge in [-0.15, -0.1) is 0 Å². The van der Waals surface area contributed by atoms with Gasteiger partial charge in [0.25, 0.3) is 5.91 Å². The number of carbonyl (C=O) groups is 2. The van der Waals surface area contributed by atoms with Gasteiger partial charge in [-0.25, -0.2) is 19.8 Å². The van der Waals surface area contributed by atoms with Crippen LogP contribution in [0.15, 0.2) is 36.5 Å². The minimum atomic E-state index is -0.576. The third-order valence-corrected chi connectivity index (χ3v) is 7.04. The van der Waals surface area contributed by atoms with E-state index in [9.17, 15) is 9.59 Å². The topological polar surface area (TPSA) is 125 Å². The van der Waals surface area contributed by atoms with Gasteiger partial charge in [-0.2, -0.15) is 0 Å². The van der Waals surface area contributed by atoms with Crippen molar-refractivity contribution in [2.75, 3.05) is 44.8 Å². The number of rotatable bonds is 10. The van der Waals surface area contributed by atoms with Gasteiger partial charge in [-0.05, 0) is 52.0 Å². The summed E-state index contributed by atoms with van der Waals surface area (Å²) in [5.41, 5.74) is 0.603. The molecule has 0 bridgehead atoms. The molecule has 1 unspecified atom stereocenters. The highest BCUT2D eigenvalue weighted by molar-refractivity contribution is 7.15. The SMILES string of the molecule is COCC(C)Oc1cc(Oc2ccc(N(C)OC)nc2)cc(C(=O)Nc2nc3c(s2)CN(C(=O)OC(C)(C)C)CC3)c1. The second-order valence-corrected chi connectivity index (χ2v) is 11.8. The molecule has 0 saturated carbocycles. The van der Waals surface area contributed by atoms with E-state index in [0.29, 0.717) is 59.9 Å². The summed E-state index contributed by atoms with van der Waals surface area (Å²) in [6, 6.07) is 8.46. The summed E-state index contributed by atoms with van der Waals surface area (Å²) in [7, 11) is 4.89. The Morgan fingerprint density at radius 2 is 1.90 bits per heavy atom. The molecule has 226 valence electrons. The molecule has 0 radical (unpaired) electrons. The zero-order valence-electron chi connectivity index (χ0n) is 24.9. The first-order valence-electron chi connectivity index (χ1n) is 13.4. The summed E-state index contributed by atoms with van der Waals surface area (Å²) < 4.78 is 22.7. The summed E-state index contributed by atoms with van der Waals surface area (Å²) in [6.45, 7) is 8.62. The summed E-state index contributed by atoms with van der Waals surface area (Å²) >= 11 is 1.34. The summed E-state index contributed by atoms with van der Waals surface area (Å²) in [4.78, 5) is 42.6. The van der Waals surface area contributed by atoms with Gasteiger partial charge in [0, 0.05) is 43.6 Å². The van der Waals surface area contributed by atoms with Crippen LogP contribution < -0.4 is 19.9 Å². The van der Waals surface area contributed by atoms with Crippen LogP contribution in [0.5, 0.6) is 17.2 Å². The fourth-order valence-corrected chi connectivity index (χ4v) is 5.10. The zero-order valence-corrected chi connectivity index (χ0v) is 25.7. The van der Waals surface area contributed by atoms with E-state index in [0.717, 1.165) is 10.6 Å². The van der Waals surface area contributed by atoms with E-state index in [-0.39, 0.29) is 18.1 Å². The molecule has 3 heterocycles. The van der Waals surface area contributed by atoms with Crippen LogP contribution in [-0.2, 0) is 27.3 Å². The van der Waals surface area contributed by atoms with Crippen molar-refractivity contribution in [2.24, 2.45) is 0 Å². The molecule has 0 aliphatic carbocycles. The Labute approximate surface area is 249 Å². The summed E-state index contributed by atoms with van der Waals surface area (Å²) in [6.07, 6.45) is 1.51. The van der Waals surface area contributed by atoms with E-state index >= 15 is 0 Å². The monoisotopic (exact) mass is 599 g/mol. The van der Waals surface area contributed by atoms with Crippen LogP contribution in [-0.4, -0.2) is 73.0 Å². The third kappa shape index (κ3) is 8.30. The van der Waals surface area contributed by atoms with Crippen LogP contribution in [0.1, 0.15) is 48.6 Å². The summed E-state index contributed by atoms with van der Waals surface area (Å²) in [5.74, 6) is 1.53. The lowest BCUT2D eigenvalue weighted by Gasteiger charge is -2.29. The molecule has 0 saturated heterocycles. The number of benzene rings is 1. The Balaban J connectivity index is 1.51. The number of hydrogen-bond acceptors (Lipinski definition) is 11. The number of pyridine rings is 1. The number of nitrogens with one attached hydrogen (secondary N) is 1. The van der Waals surface area contributed by atoms with Gasteiger partial charge in [0.05, 0.1) is 32.2 Å². The number of ether oxygens (including phenoxy) is 4. The van der Waals surface area contributed by atoms with E-state index in [2.05, 4.69) is 15.3 Å². The Kier molecular flexibility index (Phi) is 9.86. The van der Waals surface area contributed by atoms with Gasteiger partial charge in [0.15, 0.2) is 10.9 Å². The predicted molar refractivity (Wildman–Crippen MR) is 159 cm³/mol. The van der Waals surface area contributed by atoms with E-state index in [1.165, 1.54) is 16.4 Å². The molecule has 13 heteroatoms. The largest absolute Gasteiger partial charge is 0.488 e. The number of anilines is 2. The Morgan fingerprint density at radius 1 is 1.14 bits per heavy atom. The molecule has 1 aromatic carbocycles. The number of hydrogen-bond donors (Lipinski definition) is 1. The number of hydroxylamine groups is 1. The number of methoxy groups -OCH3 is 1. The Bertz CT molecular complexity index is 1390. The van der Waals surface area contributed by atoms with E-state index in [1.54, 1.807) is 62.7 Å². The van der Waals surface area contributed by atoms with Crippen LogP contribution in [0.3, 0.4) is 0 Å². The average Bonchev–Trinajstić information content (AvgIpc) is 3.33. The van der Waals surface area contributed by atoms with Gasteiger partial charge < -0.3 is 23.8 Å². The first-order valence-corrected chi connectivity index (χ1v) is 14.3. The van der Waals surface area contributed by atoms with Crippen LogP contribution in [0.25, 0.3) is 0 Å². The average molecular weight is 600 g/mol. The first kappa shape index (κ1) is 31.0. The predicted octanol–water partition coefficient (Wildman–Crippen LogP) is 5.29. The number of aromatic nitrogens is 2. The fourth-order valence-electron chi connectivity index (χ4n) is 4.08. The van der Waals surface area contributed by atoms with Crippen LogP contribution in [0.4, 0.5) is 15.7 Å². The minimum absolute atomic E-state index is 0.259. The second-order valence-electron chi connectivity index (χ2n) is 10.7. The van der Waals surface area contributed by atoms with Gasteiger partial charge in [0.2, 0.25) is 0 Å². The number of amides is 2. The van der Waals surface area contributed by atoms with E-state index < -0.39 is 5.60 Å². The number of fused-ring (bicyclic) bond motifs is 1. The molecule has 2 amide bonds. The molecule has 1 aliphatic rings. The lowest BCUT2D eigenvalue weighted by molar-refractivity contribution is 0.0225. The Morgan fingerprint density at radius 3 is 2.57 bits per heavy atom. The molecule has 1 atom stereocenters. The zero-order chi connectivity index (χ0) is 30.4. The molecule has 1 aliphatic heterocycles. The number of carbonyl (C=O) groups excluding carboxylic acids is 2. The highest BCUT2D eigenvalue weighted by Gasteiger charge is 2.28. The van der Waals surface area contributed by atoms with Crippen molar-refractivity contribution in [3.63, 3.8) is 0 Å². The van der Waals surface area contributed by atoms with Crippen molar-refractivity contribution in [1.29, 1.82) is 0 Å². The second kappa shape index (κ2) is 13.4. The molecule has 0 spiro atoms. The Hall–Kier alpha value is -3.94. The third-order valence-electron chi connectivity index (χ3n) is 6.04. The van der Waals surface area contributed by atoms with Crippen molar-refractivity contribution in [1.82, 2.24) is 14.9 Å². The normalized spacial score (nSPS) is 13.6. The molecule has 0 fully saturated rings. The van der Waals surface area contributed by atoms with Crippen molar-refractivity contribution in [3.8, 4) is 17.2 Å². The van der Waals surface area contributed by atoms with Gasteiger partial charge >= 0.3 is 6.09 Å². The molecule has 4 rings (SSSR count).